The van der Waals surface area contributed by atoms with Crippen LogP contribution in [-0.2, 0) is 24.3 Å². The molecule has 1 aromatic heterocycles. The first-order valence-electron chi connectivity index (χ1n) is 9.41. The van der Waals surface area contributed by atoms with Crippen LogP contribution in [-0.4, -0.2) is 60.9 Å². The molecule has 11 heteroatoms. The number of amides is 2. The lowest BCUT2D eigenvalue weighted by Gasteiger charge is -2.22. The van der Waals surface area contributed by atoms with Crippen LogP contribution >= 0.6 is 11.3 Å². The van der Waals surface area contributed by atoms with Gasteiger partial charge in [-0.15, -0.1) is 11.3 Å². The SMILES string of the molecule is Cc1ccc(S(=O)(=O)N2CC(O)CC2C(=O)OCC(=O)NC(=O)c2cccs2)cc1C. The molecule has 1 saturated heterocycles. The molecular formula is C20H22N2O7S2. The van der Waals surface area contributed by atoms with E-state index in [1.54, 1.807) is 24.4 Å². The van der Waals surface area contributed by atoms with Crippen LogP contribution in [0.1, 0.15) is 27.2 Å². The highest BCUT2D eigenvalue weighted by molar-refractivity contribution is 7.89. The van der Waals surface area contributed by atoms with E-state index in [4.69, 9.17) is 4.74 Å². The number of benzene rings is 1. The Morgan fingerprint density at radius 3 is 2.61 bits per heavy atom. The molecule has 2 amide bonds. The Labute approximate surface area is 183 Å². The van der Waals surface area contributed by atoms with E-state index in [2.05, 4.69) is 5.32 Å². The topological polar surface area (TPSA) is 130 Å². The van der Waals surface area contributed by atoms with E-state index in [0.717, 1.165) is 26.8 Å². The maximum atomic E-state index is 13.1. The maximum absolute atomic E-state index is 13.1. The second kappa shape index (κ2) is 9.27. The summed E-state index contributed by atoms with van der Waals surface area (Å²) in [4.78, 5) is 36.6. The summed E-state index contributed by atoms with van der Waals surface area (Å²) in [5.74, 6) is -2.43. The molecule has 1 aliphatic rings. The third kappa shape index (κ3) is 5.18. The van der Waals surface area contributed by atoms with Gasteiger partial charge in [0.05, 0.1) is 15.9 Å². The number of carbonyl (C=O) groups excluding carboxylic acids is 3. The van der Waals surface area contributed by atoms with Crippen LogP contribution < -0.4 is 5.32 Å². The molecule has 1 fully saturated rings. The van der Waals surface area contributed by atoms with Crippen LogP contribution in [0.2, 0.25) is 0 Å². The smallest absolute Gasteiger partial charge is 0.325 e. The minimum Gasteiger partial charge on any atom is -0.454 e. The Hall–Kier alpha value is -2.60. The number of imide groups is 1. The highest BCUT2D eigenvalue weighted by atomic mass is 32.2. The van der Waals surface area contributed by atoms with Crippen molar-refractivity contribution in [3.05, 3.63) is 51.7 Å². The first kappa shape index (κ1) is 23.1. The van der Waals surface area contributed by atoms with Crippen molar-refractivity contribution in [2.45, 2.75) is 37.3 Å². The van der Waals surface area contributed by atoms with Gasteiger partial charge < -0.3 is 9.84 Å². The number of esters is 1. The van der Waals surface area contributed by atoms with Gasteiger partial charge in [-0.2, -0.15) is 4.31 Å². The average Bonchev–Trinajstić information content (AvgIpc) is 3.38. The van der Waals surface area contributed by atoms with Crippen molar-refractivity contribution in [3.63, 3.8) is 0 Å². The van der Waals surface area contributed by atoms with Gasteiger partial charge in [0.15, 0.2) is 6.61 Å². The van der Waals surface area contributed by atoms with Gasteiger partial charge in [0, 0.05) is 13.0 Å². The molecular weight excluding hydrogens is 444 g/mol. The number of hydrogen-bond donors (Lipinski definition) is 2. The third-order valence-corrected chi connectivity index (χ3v) is 7.67. The number of nitrogens with one attached hydrogen (secondary N) is 1. The van der Waals surface area contributed by atoms with E-state index in [-0.39, 0.29) is 17.9 Å². The molecule has 0 saturated carbocycles. The number of sulfonamides is 1. The van der Waals surface area contributed by atoms with E-state index < -0.39 is 46.6 Å². The number of β-amino-alcohol motifs (C(OH)–C–C–N with tert-alkyl or cyclic N) is 1. The summed E-state index contributed by atoms with van der Waals surface area (Å²) in [7, 11) is -4.07. The number of hydrogen-bond acceptors (Lipinski definition) is 8. The second-order valence-electron chi connectivity index (χ2n) is 7.19. The van der Waals surface area contributed by atoms with Crippen molar-refractivity contribution in [2.75, 3.05) is 13.2 Å². The van der Waals surface area contributed by atoms with Crippen LogP contribution in [0, 0.1) is 13.8 Å². The van der Waals surface area contributed by atoms with E-state index in [0.29, 0.717) is 4.88 Å². The molecule has 31 heavy (non-hydrogen) atoms. The molecule has 0 bridgehead atoms. The molecule has 0 aliphatic carbocycles. The van der Waals surface area contributed by atoms with Crippen LogP contribution in [0.5, 0.6) is 0 Å². The Balaban J connectivity index is 1.67. The Morgan fingerprint density at radius 1 is 1.23 bits per heavy atom. The van der Waals surface area contributed by atoms with Crippen molar-refractivity contribution in [2.24, 2.45) is 0 Å². The standard InChI is InChI=1S/C20H22N2O7S2/c1-12-5-6-15(8-13(12)2)31(27,28)22-10-14(23)9-16(22)20(26)29-11-18(24)21-19(25)17-4-3-7-30-17/h3-8,14,16,23H,9-11H2,1-2H3,(H,21,24,25). The number of rotatable bonds is 6. The molecule has 0 radical (unpaired) electrons. The predicted molar refractivity (Wildman–Crippen MR) is 112 cm³/mol. The summed E-state index contributed by atoms with van der Waals surface area (Å²) in [5.41, 5.74) is 1.69. The molecule has 2 N–H and O–H groups in total. The summed E-state index contributed by atoms with van der Waals surface area (Å²) in [6.07, 6.45) is -1.20. The van der Waals surface area contributed by atoms with Crippen molar-refractivity contribution in [1.82, 2.24) is 9.62 Å². The number of nitrogens with zero attached hydrogens (tertiary/aromatic N) is 1. The maximum Gasteiger partial charge on any atom is 0.325 e. The zero-order chi connectivity index (χ0) is 22.8. The number of aryl methyl sites for hydroxylation is 2. The fourth-order valence-corrected chi connectivity index (χ4v) is 5.47. The molecule has 3 rings (SSSR count). The van der Waals surface area contributed by atoms with Gasteiger partial charge in [-0.25, -0.2) is 8.42 Å². The highest BCUT2D eigenvalue weighted by Gasteiger charge is 2.44. The fraction of sp³-hybridized carbons (Fsp3) is 0.350. The Morgan fingerprint density at radius 2 is 1.97 bits per heavy atom. The third-order valence-electron chi connectivity index (χ3n) is 4.93. The summed E-state index contributed by atoms with van der Waals surface area (Å²) in [6, 6.07) is 6.52. The molecule has 166 valence electrons. The first-order chi connectivity index (χ1) is 14.6. The summed E-state index contributed by atoms with van der Waals surface area (Å²) < 4.78 is 31.9. The van der Waals surface area contributed by atoms with Crippen molar-refractivity contribution < 1.29 is 32.6 Å². The average molecular weight is 467 g/mol. The van der Waals surface area contributed by atoms with Gasteiger partial charge in [0.1, 0.15) is 6.04 Å². The van der Waals surface area contributed by atoms with Crippen molar-refractivity contribution in [1.29, 1.82) is 0 Å². The lowest BCUT2D eigenvalue weighted by atomic mass is 10.1. The minimum absolute atomic E-state index is 0.00166. The normalized spacial score (nSPS) is 19.2. The van der Waals surface area contributed by atoms with Crippen LogP contribution in [0.4, 0.5) is 0 Å². The van der Waals surface area contributed by atoms with Gasteiger partial charge in [0.2, 0.25) is 10.0 Å². The lowest BCUT2D eigenvalue weighted by Crippen LogP contribution is -2.42. The van der Waals surface area contributed by atoms with E-state index in [9.17, 15) is 27.9 Å². The lowest BCUT2D eigenvalue weighted by molar-refractivity contribution is -0.151. The van der Waals surface area contributed by atoms with Gasteiger partial charge in [0.25, 0.3) is 11.8 Å². The second-order valence-corrected chi connectivity index (χ2v) is 10.0. The monoisotopic (exact) mass is 466 g/mol. The number of thiophene rings is 1. The van der Waals surface area contributed by atoms with Crippen LogP contribution in [0.3, 0.4) is 0 Å². The fourth-order valence-electron chi connectivity index (χ4n) is 3.14. The predicted octanol–water partition coefficient (Wildman–Crippen LogP) is 0.989. The van der Waals surface area contributed by atoms with Gasteiger partial charge >= 0.3 is 5.97 Å². The summed E-state index contributed by atoms with van der Waals surface area (Å²) >= 11 is 1.15. The number of aliphatic hydroxyl groups excluding tert-OH is 1. The zero-order valence-electron chi connectivity index (χ0n) is 16.9. The molecule has 0 spiro atoms. The van der Waals surface area contributed by atoms with Gasteiger partial charge in [-0.05, 0) is 48.6 Å². The Kier molecular flexibility index (Phi) is 6.90. The Bertz CT molecular complexity index is 1100. The zero-order valence-corrected chi connectivity index (χ0v) is 18.5. The van der Waals surface area contributed by atoms with Crippen molar-refractivity contribution >= 4 is 39.1 Å². The van der Waals surface area contributed by atoms with Crippen molar-refractivity contribution in [3.8, 4) is 0 Å². The molecule has 2 heterocycles. The van der Waals surface area contributed by atoms with E-state index >= 15 is 0 Å². The molecule has 2 aromatic rings. The van der Waals surface area contributed by atoms with Crippen LogP contribution in [0.25, 0.3) is 0 Å². The molecule has 2 atom stereocenters. The first-order valence-corrected chi connectivity index (χ1v) is 11.7. The van der Waals surface area contributed by atoms with Gasteiger partial charge in [-0.1, -0.05) is 12.1 Å². The molecule has 2 unspecified atom stereocenters. The van der Waals surface area contributed by atoms with Crippen LogP contribution in [0.15, 0.2) is 40.6 Å². The number of carbonyl (C=O) groups is 3. The van der Waals surface area contributed by atoms with E-state index in [1.165, 1.54) is 18.2 Å². The summed E-state index contributed by atoms with van der Waals surface area (Å²) in [6.45, 7) is 2.60. The molecule has 1 aliphatic heterocycles. The quantitative estimate of drug-likeness (QED) is 0.607. The largest absolute Gasteiger partial charge is 0.454 e. The van der Waals surface area contributed by atoms with Gasteiger partial charge in [-0.3, -0.25) is 19.7 Å². The van der Waals surface area contributed by atoms with E-state index in [1.807, 2.05) is 6.92 Å². The number of aliphatic hydroxyl groups is 1. The summed E-state index contributed by atoms with van der Waals surface area (Å²) in [5, 5.41) is 13.8. The molecule has 1 aromatic carbocycles. The minimum atomic E-state index is -4.07. The highest BCUT2D eigenvalue weighted by Crippen LogP contribution is 2.28. The molecule has 9 nitrogen and oxygen atoms in total. The number of ether oxygens (including phenoxy) is 1.